The number of carboxylic acid groups (broad SMARTS) is 1. The molecule has 0 bridgehead atoms. The van der Waals surface area contributed by atoms with Crippen molar-refractivity contribution in [1.29, 1.82) is 0 Å². The molecule has 2 heterocycles. The summed E-state index contributed by atoms with van der Waals surface area (Å²) in [5, 5.41) is 15.0. The van der Waals surface area contributed by atoms with Crippen molar-refractivity contribution >= 4 is 28.7 Å². The predicted molar refractivity (Wildman–Crippen MR) is 100 cm³/mol. The van der Waals surface area contributed by atoms with Gasteiger partial charge in [-0.1, -0.05) is 0 Å². The number of aromatic nitrogens is 4. The molecule has 0 unspecified atom stereocenters. The fourth-order valence-corrected chi connectivity index (χ4v) is 3.85. The molecule has 142 valence electrons. The zero-order chi connectivity index (χ0) is 18.9. The molecule has 1 aliphatic carbocycles. The van der Waals surface area contributed by atoms with Gasteiger partial charge in [-0.2, -0.15) is 10.1 Å². The van der Waals surface area contributed by atoms with Crippen LogP contribution in [-0.4, -0.2) is 47.9 Å². The third kappa shape index (κ3) is 4.26. The second kappa shape index (κ2) is 7.39. The largest absolute Gasteiger partial charge is 0.465 e. The predicted octanol–water partition coefficient (Wildman–Crippen LogP) is 4.06. The first-order valence-electron chi connectivity index (χ1n) is 9.08. The van der Waals surface area contributed by atoms with Crippen LogP contribution in [0.2, 0.25) is 5.28 Å². The lowest BCUT2D eigenvalue weighted by Gasteiger charge is -2.38. The summed E-state index contributed by atoms with van der Waals surface area (Å²) in [4.78, 5) is 21.4. The molecule has 2 aromatic rings. The van der Waals surface area contributed by atoms with Gasteiger partial charge in [-0.15, -0.1) is 0 Å². The van der Waals surface area contributed by atoms with E-state index in [9.17, 15) is 9.90 Å². The van der Waals surface area contributed by atoms with Gasteiger partial charge in [0.15, 0.2) is 5.65 Å². The maximum Gasteiger partial charge on any atom is 0.407 e. The maximum atomic E-state index is 11.5. The Kier molecular flexibility index (Phi) is 5.37. The fourth-order valence-electron chi connectivity index (χ4n) is 3.72. The van der Waals surface area contributed by atoms with Crippen molar-refractivity contribution in [1.82, 2.24) is 24.6 Å². The summed E-state index contributed by atoms with van der Waals surface area (Å²) in [5.74, 6) is 0.948. The van der Waals surface area contributed by atoms with Crippen molar-refractivity contribution in [2.24, 2.45) is 11.8 Å². The van der Waals surface area contributed by atoms with Crippen LogP contribution in [0.25, 0.3) is 11.0 Å². The zero-order valence-electron chi connectivity index (χ0n) is 15.5. The topological polar surface area (TPSA) is 84.1 Å². The van der Waals surface area contributed by atoms with E-state index in [0.717, 1.165) is 43.3 Å². The minimum absolute atomic E-state index is 0.235. The molecule has 1 aliphatic rings. The highest BCUT2D eigenvalue weighted by molar-refractivity contribution is 6.28. The van der Waals surface area contributed by atoms with Gasteiger partial charge in [-0.25, -0.2) is 14.5 Å². The quantitative estimate of drug-likeness (QED) is 0.809. The zero-order valence-corrected chi connectivity index (χ0v) is 16.3. The number of hydrogen-bond acceptors (Lipinski definition) is 4. The molecular weight excluding hydrogens is 354 g/mol. The molecule has 1 saturated carbocycles. The highest BCUT2D eigenvalue weighted by Crippen LogP contribution is 2.32. The lowest BCUT2D eigenvalue weighted by atomic mass is 9.81. The average Bonchev–Trinajstić information content (AvgIpc) is 2.95. The molecule has 7 nitrogen and oxygen atoms in total. The monoisotopic (exact) mass is 379 g/mol. The van der Waals surface area contributed by atoms with E-state index in [1.165, 1.54) is 0 Å². The molecule has 0 aliphatic heterocycles. The third-order valence-corrected chi connectivity index (χ3v) is 5.41. The third-order valence-electron chi connectivity index (χ3n) is 5.23. The van der Waals surface area contributed by atoms with Gasteiger partial charge in [0, 0.05) is 24.8 Å². The van der Waals surface area contributed by atoms with Crippen molar-refractivity contribution in [3.63, 3.8) is 0 Å². The first-order valence-corrected chi connectivity index (χ1v) is 9.46. The number of halogens is 1. The van der Waals surface area contributed by atoms with E-state index in [2.05, 4.69) is 15.1 Å². The molecule has 0 aromatic carbocycles. The molecular formula is C18H26ClN5O2. The Morgan fingerprint density at radius 1 is 1.27 bits per heavy atom. The van der Waals surface area contributed by atoms with Crippen molar-refractivity contribution in [3.8, 4) is 0 Å². The van der Waals surface area contributed by atoms with E-state index in [-0.39, 0.29) is 10.8 Å². The summed E-state index contributed by atoms with van der Waals surface area (Å²) in [6, 6.07) is 0. The summed E-state index contributed by atoms with van der Waals surface area (Å²) in [7, 11) is 0. The molecule has 8 heteroatoms. The van der Waals surface area contributed by atoms with Crippen LogP contribution in [0.3, 0.4) is 0 Å². The molecule has 26 heavy (non-hydrogen) atoms. The van der Waals surface area contributed by atoms with E-state index in [1.807, 2.05) is 25.5 Å². The van der Waals surface area contributed by atoms with Gasteiger partial charge in [-0.05, 0) is 69.9 Å². The molecule has 1 N–H and O–H groups in total. The van der Waals surface area contributed by atoms with Crippen LogP contribution >= 0.6 is 11.6 Å². The van der Waals surface area contributed by atoms with E-state index in [1.54, 1.807) is 17.3 Å². The Morgan fingerprint density at radius 2 is 1.92 bits per heavy atom. The van der Waals surface area contributed by atoms with Crippen molar-refractivity contribution < 1.29 is 9.90 Å². The number of hydrogen-bond donors (Lipinski definition) is 1. The van der Waals surface area contributed by atoms with Crippen LogP contribution in [0.1, 0.15) is 46.5 Å². The smallest absolute Gasteiger partial charge is 0.407 e. The Morgan fingerprint density at radius 3 is 2.54 bits per heavy atom. The molecule has 0 radical (unpaired) electrons. The van der Waals surface area contributed by atoms with E-state index in [4.69, 9.17) is 11.6 Å². The Hall–Kier alpha value is -1.89. The second-order valence-corrected chi connectivity index (χ2v) is 8.53. The molecule has 2 aromatic heterocycles. The van der Waals surface area contributed by atoms with Crippen LogP contribution in [0.15, 0.2) is 12.4 Å². The number of fused-ring (bicyclic) bond motifs is 1. The fraction of sp³-hybridized carbons (Fsp3) is 0.667. The average molecular weight is 380 g/mol. The maximum absolute atomic E-state index is 11.5. The van der Waals surface area contributed by atoms with Crippen LogP contribution < -0.4 is 0 Å². The van der Waals surface area contributed by atoms with Gasteiger partial charge in [-0.3, -0.25) is 0 Å². The van der Waals surface area contributed by atoms with Crippen molar-refractivity contribution in [2.45, 2.75) is 58.5 Å². The van der Waals surface area contributed by atoms with Crippen LogP contribution in [0.4, 0.5) is 4.79 Å². The molecule has 1 fully saturated rings. The number of amides is 1. The molecule has 1 amide bonds. The Bertz CT molecular complexity index is 777. The Labute approximate surface area is 158 Å². The van der Waals surface area contributed by atoms with Crippen molar-refractivity contribution in [2.75, 3.05) is 6.54 Å². The van der Waals surface area contributed by atoms with Gasteiger partial charge in [0.05, 0.1) is 11.6 Å². The highest BCUT2D eigenvalue weighted by atomic mass is 35.5. The number of carbonyl (C=O) groups is 1. The minimum atomic E-state index is -0.834. The van der Waals surface area contributed by atoms with Gasteiger partial charge in [0.2, 0.25) is 5.28 Å². The summed E-state index contributed by atoms with van der Waals surface area (Å²) < 4.78 is 1.91. The lowest BCUT2D eigenvalue weighted by Crippen LogP contribution is -2.47. The lowest BCUT2D eigenvalue weighted by molar-refractivity contribution is 0.0789. The normalized spacial score (nSPS) is 21.1. The number of rotatable bonds is 4. The summed E-state index contributed by atoms with van der Waals surface area (Å²) in [5.41, 5.74) is 0.409. The molecule has 3 rings (SSSR count). The van der Waals surface area contributed by atoms with Gasteiger partial charge >= 0.3 is 6.09 Å². The van der Waals surface area contributed by atoms with Crippen LogP contribution in [0.5, 0.6) is 0 Å². The van der Waals surface area contributed by atoms with Crippen LogP contribution in [0, 0.1) is 11.8 Å². The van der Waals surface area contributed by atoms with E-state index in [0.29, 0.717) is 18.4 Å². The summed E-state index contributed by atoms with van der Waals surface area (Å²) in [6.45, 7) is 7.26. The summed E-state index contributed by atoms with van der Waals surface area (Å²) >= 11 is 5.90. The highest BCUT2D eigenvalue weighted by Gasteiger charge is 2.31. The van der Waals surface area contributed by atoms with E-state index < -0.39 is 6.09 Å². The molecule has 0 saturated heterocycles. The summed E-state index contributed by atoms with van der Waals surface area (Å²) in [6.07, 6.45) is 6.85. The number of nitrogens with zero attached hydrogens (tertiary/aromatic N) is 5. The SMILES string of the molecule is CC(C)(C)N(C[C@H]1CC[C@H](Cn2ncc3cnc(Cl)nc32)CC1)C(=O)O. The minimum Gasteiger partial charge on any atom is -0.465 e. The van der Waals surface area contributed by atoms with E-state index >= 15 is 0 Å². The molecule has 0 spiro atoms. The second-order valence-electron chi connectivity index (χ2n) is 8.20. The van der Waals surface area contributed by atoms with Gasteiger partial charge < -0.3 is 10.0 Å². The van der Waals surface area contributed by atoms with Gasteiger partial charge in [0.1, 0.15) is 0 Å². The molecule has 0 atom stereocenters. The van der Waals surface area contributed by atoms with Crippen LogP contribution in [-0.2, 0) is 6.54 Å². The first-order chi connectivity index (χ1) is 12.2. The Balaban J connectivity index is 1.58. The standard InChI is InChI=1S/C18H26ClN5O2/c1-18(2,3)23(17(25)26)10-12-4-6-13(7-5-12)11-24-15-14(9-21-24)8-20-16(19)22-15/h8-9,12-13H,4-7,10-11H2,1-3H3,(H,25,26)/t12-,13-. The first kappa shape index (κ1) is 18.9. The van der Waals surface area contributed by atoms with Crippen molar-refractivity contribution in [3.05, 3.63) is 17.7 Å². The van der Waals surface area contributed by atoms with Gasteiger partial charge in [0.25, 0.3) is 0 Å².